The SMILES string of the molecule is CCCN(CC(=O)Nc1cc(-c2ccccc2)nn1-c1ccccc1)S(=O)(=O)c1ccc(C)cc1. The number of benzene rings is 3. The van der Waals surface area contributed by atoms with Crippen LogP contribution in [0.25, 0.3) is 16.9 Å². The van der Waals surface area contributed by atoms with E-state index in [1.165, 1.54) is 4.31 Å². The highest BCUT2D eigenvalue weighted by Crippen LogP contribution is 2.25. The van der Waals surface area contributed by atoms with Crippen LogP contribution in [-0.2, 0) is 14.8 Å². The number of hydrogen-bond donors (Lipinski definition) is 1. The Morgan fingerprint density at radius 2 is 1.57 bits per heavy atom. The molecular formula is C27H28N4O3S. The third-order valence-corrected chi connectivity index (χ3v) is 7.36. The number of para-hydroxylation sites is 1. The summed E-state index contributed by atoms with van der Waals surface area (Å²) in [7, 11) is -3.82. The Labute approximate surface area is 206 Å². The summed E-state index contributed by atoms with van der Waals surface area (Å²) in [4.78, 5) is 13.3. The number of aromatic nitrogens is 2. The highest BCUT2D eigenvalue weighted by atomic mass is 32.2. The minimum Gasteiger partial charge on any atom is -0.309 e. The van der Waals surface area contributed by atoms with E-state index in [2.05, 4.69) is 5.32 Å². The molecule has 7 nitrogen and oxygen atoms in total. The van der Waals surface area contributed by atoms with Crippen molar-refractivity contribution in [2.75, 3.05) is 18.4 Å². The molecule has 0 radical (unpaired) electrons. The first-order valence-corrected chi connectivity index (χ1v) is 12.9. The summed E-state index contributed by atoms with van der Waals surface area (Å²) < 4.78 is 29.3. The molecule has 0 aliphatic rings. The van der Waals surface area contributed by atoms with E-state index >= 15 is 0 Å². The fraction of sp³-hybridized carbons (Fsp3) is 0.185. The molecule has 0 saturated carbocycles. The lowest BCUT2D eigenvalue weighted by Gasteiger charge is -2.21. The Hall–Kier alpha value is -3.75. The Balaban J connectivity index is 1.61. The van der Waals surface area contributed by atoms with Crippen LogP contribution < -0.4 is 5.32 Å². The van der Waals surface area contributed by atoms with E-state index in [9.17, 15) is 13.2 Å². The summed E-state index contributed by atoms with van der Waals surface area (Å²) >= 11 is 0. The maximum Gasteiger partial charge on any atom is 0.243 e. The van der Waals surface area contributed by atoms with Crippen molar-refractivity contribution in [3.05, 3.63) is 96.6 Å². The van der Waals surface area contributed by atoms with Crippen LogP contribution in [0.4, 0.5) is 5.82 Å². The van der Waals surface area contributed by atoms with Gasteiger partial charge in [0, 0.05) is 18.2 Å². The maximum absolute atomic E-state index is 13.2. The van der Waals surface area contributed by atoms with E-state index in [1.807, 2.05) is 74.5 Å². The van der Waals surface area contributed by atoms with Crippen molar-refractivity contribution in [3.8, 4) is 16.9 Å². The van der Waals surface area contributed by atoms with Crippen molar-refractivity contribution in [2.24, 2.45) is 0 Å². The normalized spacial score (nSPS) is 11.5. The van der Waals surface area contributed by atoms with Crippen molar-refractivity contribution < 1.29 is 13.2 Å². The van der Waals surface area contributed by atoms with Crippen molar-refractivity contribution in [2.45, 2.75) is 25.2 Å². The van der Waals surface area contributed by atoms with Gasteiger partial charge in [-0.15, -0.1) is 0 Å². The number of nitrogens with zero attached hydrogens (tertiary/aromatic N) is 3. The predicted molar refractivity (Wildman–Crippen MR) is 138 cm³/mol. The molecule has 35 heavy (non-hydrogen) atoms. The molecular weight excluding hydrogens is 460 g/mol. The second-order valence-corrected chi connectivity index (χ2v) is 10.2. The average Bonchev–Trinajstić information content (AvgIpc) is 3.29. The molecule has 0 aliphatic heterocycles. The van der Waals surface area contributed by atoms with Gasteiger partial charge in [0.2, 0.25) is 15.9 Å². The van der Waals surface area contributed by atoms with Crippen LogP contribution >= 0.6 is 0 Å². The first-order valence-electron chi connectivity index (χ1n) is 11.5. The standard InChI is InChI=1S/C27H28N4O3S/c1-3-18-30(35(33,34)24-16-14-21(2)15-17-24)20-27(32)28-26-19-25(22-10-6-4-7-11-22)29-31(26)23-12-8-5-9-13-23/h4-17,19H,3,18,20H2,1-2H3,(H,28,32). The molecule has 3 aromatic carbocycles. The molecule has 4 aromatic rings. The Morgan fingerprint density at radius 3 is 2.20 bits per heavy atom. The van der Waals surface area contributed by atoms with Gasteiger partial charge in [-0.1, -0.05) is 73.2 Å². The van der Waals surface area contributed by atoms with Gasteiger partial charge in [-0.05, 0) is 37.6 Å². The molecule has 8 heteroatoms. The van der Waals surface area contributed by atoms with Crippen LogP contribution in [0.1, 0.15) is 18.9 Å². The van der Waals surface area contributed by atoms with E-state index in [-0.39, 0.29) is 18.0 Å². The summed E-state index contributed by atoms with van der Waals surface area (Å²) in [6.07, 6.45) is 0.582. The third-order valence-electron chi connectivity index (χ3n) is 5.50. The van der Waals surface area contributed by atoms with Gasteiger partial charge in [-0.3, -0.25) is 4.79 Å². The van der Waals surface area contributed by atoms with Gasteiger partial charge in [0.1, 0.15) is 5.82 Å². The van der Waals surface area contributed by atoms with E-state index in [4.69, 9.17) is 5.10 Å². The third kappa shape index (κ3) is 5.67. The van der Waals surface area contributed by atoms with Crippen LogP contribution in [0.5, 0.6) is 0 Å². The van der Waals surface area contributed by atoms with Crippen molar-refractivity contribution >= 4 is 21.7 Å². The monoisotopic (exact) mass is 488 g/mol. The van der Waals surface area contributed by atoms with Crippen molar-refractivity contribution in [3.63, 3.8) is 0 Å². The summed E-state index contributed by atoms with van der Waals surface area (Å²) in [5.74, 6) is 0.0232. The van der Waals surface area contributed by atoms with Gasteiger partial charge in [0.25, 0.3) is 0 Å². The van der Waals surface area contributed by atoms with Gasteiger partial charge in [-0.25, -0.2) is 13.1 Å². The number of amides is 1. The summed E-state index contributed by atoms with van der Waals surface area (Å²) in [6, 6.07) is 27.6. The number of sulfonamides is 1. The molecule has 4 rings (SSSR count). The van der Waals surface area contributed by atoms with Gasteiger partial charge in [-0.2, -0.15) is 9.40 Å². The minimum absolute atomic E-state index is 0.171. The lowest BCUT2D eigenvalue weighted by molar-refractivity contribution is -0.116. The highest BCUT2D eigenvalue weighted by Gasteiger charge is 2.26. The molecule has 1 N–H and O–H groups in total. The maximum atomic E-state index is 13.2. The van der Waals surface area contributed by atoms with E-state index in [0.717, 1.165) is 16.8 Å². The first-order chi connectivity index (χ1) is 16.9. The Morgan fingerprint density at radius 1 is 0.943 bits per heavy atom. The second kappa shape index (κ2) is 10.7. The molecule has 0 aliphatic carbocycles. The number of carbonyl (C=O) groups excluding carboxylic acids is 1. The van der Waals surface area contributed by atoms with E-state index in [1.54, 1.807) is 35.0 Å². The lowest BCUT2D eigenvalue weighted by Crippen LogP contribution is -2.38. The van der Waals surface area contributed by atoms with E-state index < -0.39 is 15.9 Å². The van der Waals surface area contributed by atoms with Crippen molar-refractivity contribution in [1.82, 2.24) is 14.1 Å². The number of rotatable bonds is 9. The zero-order valence-electron chi connectivity index (χ0n) is 19.8. The molecule has 1 heterocycles. The smallest absolute Gasteiger partial charge is 0.243 e. The van der Waals surface area contributed by atoms with Crippen LogP contribution in [0.2, 0.25) is 0 Å². The molecule has 0 unspecified atom stereocenters. The minimum atomic E-state index is -3.82. The molecule has 1 aromatic heterocycles. The van der Waals surface area contributed by atoms with Crippen LogP contribution in [0.3, 0.4) is 0 Å². The number of aryl methyl sites for hydroxylation is 1. The molecule has 0 saturated heterocycles. The number of hydrogen-bond acceptors (Lipinski definition) is 4. The van der Waals surface area contributed by atoms with Crippen molar-refractivity contribution in [1.29, 1.82) is 0 Å². The van der Waals surface area contributed by atoms with Gasteiger partial charge >= 0.3 is 0 Å². The largest absolute Gasteiger partial charge is 0.309 e. The van der Waals surface area contributed by atoms with Crippen LogP contribution in [-0.4, -0.2) is 41.5 Å². The van der Waals surface area contributed by atoms with E-state index in [0.29, 0.717) is 17.9 Å². The summed E-state index contributed by atoms with van der Waals surface area (Å²) in [5, 5.41) is 7.57. The fourth-order valence-electron chi connectivity index (χ4n) is 3.72. The van der Waals surface area contributed by atoms with Crippen LogP contribution in [0, 0.1) is 6.92 Å². The molecule has 1 amide bonds. The fourth-order valence-corrected chi connectivity index (χ4v) is 5.21. The predicted octanol–water partition coefficient (Wildman–Crippen LogP) is 4.89. The molecule has 0 spiro atoms. The Bertz CT molecular complexity index is 1380. The number of anilines is 1. The average molecular weight is 489 g/mol. The van der Waals surface area contributed by atoms with Gasteiger partial charge < -0.3 is 5.32 Å². The summed E-state index contributed by atoms with van der Waals surface area (Å²) in [6.45, 7) is 3.71. The number of nitrogens with one attached hydrogen (secondary N) is 1. The molecule has 0 atom stereocenters. The van der Waals surface area contributed by atoms with Gasteiger partial charge in [0.15, 0.2) is 0 Å². The Kier molecular flexibility index (Phi) is 7.43. The zero-order valence-corrected chi connectivity index (χ0v) is 20.6. The topological polar surface area (TPSA) is 84.3 Å². The zero-order chi connectivity index (χ0) is 24.8. The quantitative estimate of drug-likeness (QED) is 0.364. The molecule has 180 valence electrons. The van der Waals surface area contributed by atoms with Gasteiger partial charge in [0.05, 0.1) is 22.8 Å². The number of carbonyl (C=O) groups is 1. The molecule has 0 bridgehead atoms. The lowest BCUT2D eigenvalue weighted by atomic mass is 10.2. The molecule has 0 fully saturated rings. The highest BCUT2D eigenvalue weighted by molar-refractivity contribution is 7.89. The second-order valence-electron chi connectivity index (χ2n) is 8.23. The van der Waals surface area contributed by atoms with Crippen LogP contribution in [0.15, 0.2) is 95.9 Å². The first kappa shape index (κ1) is 24.4. The summed E-state index contributed by atoms with van der Waals surface area (Å²) in [5.41, 5.74) is 3.35.